The van der Waals surface area contributed by atoms with Gasteiger partial charge in [0.1, 0.15) is 0 Å². The zero-order chi connectivity index (χ0) is 20.0. The van der Waals surface area contributed by atoms with Crippen LogP contribution in [0.2, 0.25) is 10.0 Å². The molecule has 1 aliphatic heterocycles. The molecule has 1 aliphatic carbocycles. The molecule has 1 unspecified atom stereocenters. The van der Waals surface area contributed by atoms with Gasteiger partial charge in [0.15, 0.2) is 5.65 Å². The lowest BCUT2D eigenvalue weighted by atomic mass is 9.74. The Morgan fingerprint density at radius 3 is 2.69 bits per heavy atom. The van der Waals surface area contributed by atoms with Gasteiger partial charge in [0.05, 0.1) is 14.9 Å². The van der Waals surface area contributed by atoms with E-state index in [0.717, 1.165) is 47.3 Å². The summed E-state index contributed by atoms with van der Waals surface area (Å²) in [5.74, 6) is 0.945. The Morgan fingerprint density at radius 1 is 1.10 bits per heavy atom. The second kappa shape index (κ2) is 7.65. The fourth-order valence-electron chi connectivity index (χ4n) is 4.81. The van der Waals surface area contributed by atoms with Crippen LogP contribution in [0.4, 0.5) is 5.95 Å². The van der Waals surface area contributed by atoms with Crippen molar-refractivity contribution in [2.45, 2.75) is 47.9 Å². The lowest BCUT2D eigenvalue weighted by molar-refractivity contribution is 0.197. The lowest BCUT2D eigenvalue weighted by Crippen LogP contribution is -2.47. The van der Waals surface area contributed by atoms with Crippen molar-refractivity contribution in [3.05, 3.63) is 46.8 Å². The number of aromatic nitrogens is 3. The van der Waals surface area contributed by atoms with E-state index in [9.17, 15) is 0 Å². The molecule has 5 nitrogen and oxygen atoms in total. The predicted octanol–water partition coefficient (Wildman–Crippen LogP) is 5.29. The summed E-state index contributed by atoms with van der Waals surface area (Å²) in [6, 6.07) is 6.01. The highest BCUT2D eigenvalue weighted by molar-refractivity contribution is 7.99. The Hall–Kier alpha value is -1.47. The summed E-state index contributed by atoms with van der Waals surface area (Å²) >= 11 is 14.1. The summed E-state index contributed by atoms with van der Waals surface area (Å²) in [5, 5.41) is 1.11. The SMILES string of the molecule is NC1CCCC12CCN(c1ncc(Sc3cccc(Cl)c3Cl)c3nccn13)CC2. The van der Waals surface area contributed by atoms with Crippen LogP contribution in [0.25, 0.3) is 5.65 Å². The smallest absolute Gasteiger partial charge is 0.211 e. The second-order valence-corrected chi connectivity index (χ2v) is 9.91. The third-order valence-corrected chi connectivity index (χ3v) is 8.53. The van der Waals surface area contributed by atoms with Crippen LogP contribution >= 0.6 is 35.0 Å². The molecular weight excluding hydrogens is 425 g/mol. The standard InChI is InChI=1S/C21H23Cl2N5S/c22-14-3-1-4-15(18(14)23)29-16-13-26-20(28-12-9-25-19(16)28)27-10-7-21(8-11-27)6-2-5-17(21)24/h1,3-4,9,12-13,17H,2,5-8,10-11,24H2. The van der Waals surface area contributed by atoms with Gasteiger partial charge in [-0.3, -0.25) is 4.40 Å². The fraction of sp³-hybridized carbons (Fsp3) is 0.429. The molecule has 0 bridgehead atoms. The van der Waals surface area contributed by atoms with E-state index >= 15 is 0 Å². The molecule has 1 aromatic carbocycles. The molecule has 1 atom stereocenters. The summed E-state index contributed by atoms with van der Waals surface area (Å²) in [5.41, 5.74) is 7.67. The molecule has 2 aliphatic rings. The number of nitrogens with two attached hydrogens (primary N) is 1. The van der Waals surface area contributed by atoms with Crippen LogP contribution in [0.5, 0.6) is 0 Å². The van der Waals surface area contributed by atoms with Crippen molar-refractivity contribution in [3.63, 3.8) is 0 Å². The maximum atomic E-state index is 6.45. The number of fused-ring (bicyclic) bond motifs is 1. The summed E-state index contributed by atoms with van der Waals surface area (Å²) in [6.45, 7) is 1.97. The van der Waals surface area contributed by atoms with Gasteiger partial charge in [0.2, 0.25) is 5.95 Å². The number of rotatable bonds is 3. The van der Waals surface area contributed by atoms with Crippen LogP contribution in [-0.4, -0.2) is 33.5 Å². The predicted molar refractivity (Wildman–Crippen MR) is 119 cm³/mol. The van der Waals surface area contributed by atoms with E-state index in [0.29, 0.717) is 21.5 Å². The molecule has 0 radical (unpaired) electrons. The highest BCUT2D eigenvalue weighted by Gasteiger charge is 2.43. The molecule has 2 aromatic heterocycles. The molecule has 0 amide bonds. The highest BCUT2D eigenvalue weighted by Crippen LogP contribution is 2.46. The summed E-state index contributed by atoms with van der Waals surface area (Å²) < 4.78 is 2.08. The Morgan fingerprint density at radius 2 is 1.93 bits per heavy atom. The number of hydrogen-bond acceptors (Lipinski definition) is 5. The first-order valence-corrected chi connectivity index (χ1v) is 11.6. The van der Waals surface area contributed by atoms with E-state index in [-0.39, 0.29) is 0 Å². The third-order valence-electron chi connectivity index (χ3n) is 6.53. The van der Waals surface area contributed by atoms with Crippen LogP contribution in [0.1, 0.15) is 32.1 Å². The highest BCUT2D eigenvalue weighted by atomic mass is 35.5. The average molecular weight is 448 g/mol. The lowest BCUT2D eigenvalue weighted by Gasteiger charge is -2.42. The van der Waals surface area contributed by atoms with E-state index < -0.39 is 0 Å². The number of imidazole rings is 1. The second-order valence-electron chi connectivity index (χ2n) is 8.05. The summed E-state index contributed by atoms with van der Waals surface area (Å²) in [4.78, 5) is 13.6. The Kier molecular flexibility index (Phi) is 5.14. The molecule has 29 heavy (non-hydrogen) atoms. The minimum absolute atomic E-state index is 0.337. The van der Waals surface area contributed by atoms with Gasteiger partial charge in [-0.2, -0.15) is 0 Å². The number of piperidine rings is 1. The molecule has 5 rings (SSSR count). The van der Waals surface area contributed by atoms with Gasteiger partial charge in [-0.15, -0.1) is 0 Å². The zero-order valence-corrected chi connectivity index (χ0v) is 18.3. The topological polar surface area (TPSA) is 59.5 Å². The molecule has 2 fully saturated rings. The van der Waals surface area contributed by atoms with E-state index in [1.807, 2.05) is 30.7 Å². The van der Waals surface area contributed by atoms with Gasteiger partial charge in [-0.05, 0) is 43.2 Å². The average Bonchev–Trinajstić information content (AvgIpc) is 3.35. The maximum Gasteiger partial charge on any atom is 0.211 e. The molecule has 1 spiro atoms. The monoisotopic (exact) mass is 447 g/mol. The van der Waals surface area contributed by atoms with Crippen LogP contribution in [0.3, 0.4) is 0 Å². The maximum absolute atomic E-state index is 6.45. The number of nitrogens with zero attached hydrogens (tertiary/aromatic N) is 4. The first-order chi connectivity index (χ1) is 14.1. The Labute approximate surface area is 184 Å². The van der Waals surface area contributed by atoms with Gasteiger partial charge in [-0.1, -0.05) is 47.5 Å². The van der Waals surface area contributed by atoms with E-state index in [4.69, 9.17) is 33.9 Å². The largest absolute Gasteiger partial charge is 0.342 e. The first-order valence-electron chi connectivity index (χ1n) is 10.0. The molecule has 3 heterocycles. The van der Waals surface area contributed by atoms with Crippen LogP contribution in [0, 0.1) is 5.41 Å². The van der Waals surface area contributed by atoms with Crippen molar-refractivity contribution >= 4 is 46.6 Å². The first kappa shape index (κ1) is 19.5. The van der Waals surface area contributed by atoms with Crippen molar-refractivity contribution in [3.8, 4) is 0 Å². The number of halogens is 2. The summed E-state index contributed by atoms with van der Waals surface area (Å²) in [6.07, 6.45) is 11.7. The van der Waals surface area contributed by atoms with Crippen molar-refractivity contribution in [1.82, 2.24) is 14.4 Å². The minimum atomic E-state index is 0.337. The van der Waals surface area contributed by atoms with Crippen molar-refractivity contribution in [1.29, 1.82) is 0 Å². The Bertz CT molecular complexity index is 1040. The fourth-order valence-corrected chi connectivity index (χ4v) is 6.21. The van der Waals surface area contributed by atoms with Gasteiger partial charge in [-0.25, -0.2) is 9.97 Å². The van der Waals surface area contributed by atoms with Crippen molar-refractivity contribution in [2.75, 3.05) is 18.0 Å². The van der Waals surface area contributed by atoms with Gasteiger partial charge < -0.3 is 10.6 Å². The third kappa shape index (κ3) is 3.40. The number of benzene rings is 1. The molecule has 1 saturated heterocycles. The van der Waals surface area contributed by atoms with Gasteiger partial charge in [0, 0.05) is 42.6 Å². The number of hydrogen-bond donors (Lipinski definition) is 1. The van der Waals surface area contributed by atoms with E-state index in [1.54, 1.807) is 6.07 Å². The molecule has 2 N–H and O–H groups in total. The molecule has 1 saturated carbocycles. The quantitative estimate of drug-likeness (QED) is 0.591. The van der Waals surface area contributed by atoms with Gasteiger partial charge in [0.25, 0.3) is 0 Å². The zero-order valence-electron chi connectivity index (χ0n) is 16.0. The van der Waals surface area contributed by atoms with Gasteiger partial charge >= 0.3 is 0 Å². The van der Waals surface area contributed by atoms with Crippen LogP contribution < -0.4 is 10.6 Å². The van der Waals surface area contributed by atoms with E-state index in [2.05, 4.69) is 14.3 Å². The molecule has 3 aromatic rings. The van der Waals surface area contributed by atoms with Crippen molar-refractivity contribution in [2.24, 2.45) is 11.1 Å². The molecular formula is C21H23Cl2N5S. The van der Waals surface area contributed by atoms with E-state index in [1.165, 1.54) is 31.0 Å². The van der Waals surface area contributed by atoms with Crippen LogP contribution in [0.15, 0.2) is 46.6 Å². The normalized spacial score (nSPS) is 21.3. The minimum Gasteiger partial charge on any atom is -0.342 e. The number of anilines is 1. The van der Waals surface area contributed by atoms with Crippen molar-refractivity contribution < 1.29 is 0 Å². The molecule has 152 valence electrons. The summed E-state index contributed by atoms with van der Waals surface area (Å²) in [7, 11) is 0. The molecule has 8 heteroatoms. The Balaban J connectivity index is 1.42. The van der Waals surface area contributed by atoms with Crippen LogP contribution in [-0.2, 0) is 0 Å².